The number of urea groups is 1. The van der Waals surface area contributed by atoms with E-state index in [9.17, 15) is 9.59 Å². The number of nitrogens with one attached hydrogen (secondary N) is 2. The summed E-state index contributed by atoms with van der Waals surface area (Å²) in [5, 5.41) is 9.79. The Labute approximate surface area is 138 Å². The number of carbonyl (C=O) groups is 2. The van der Waals surface area contributed by atoms with Crippen molar-refractivity contribution in [1.29, 1.82) is 0 Å². The number of hydrogen-bond acceptors (Lipinski definition) is 6. The molecule has 1 aromatic rings. The molecular formula is C14H21N5O3S. The van der Waals surface area contributed by atoms with E-state index in [0.717, 1.165) is 63.3 Å². The largest absolute Gasteiger partial charge is 0.376 e. The lowest BCUT2D eigenvalue weighted by Gasteiger charge is -2.26. The van der Waals surface area contributed by atoms with Crippen LogP contribution >= 0.6 is 11.5 Å². The Bertz CT molecular complexity index is 552. The molecule has 3 amide bonds. The molecule has 9 heteroatoms. The van der Waals surface area contributed by atoms with Gasteiger partial charge < -0.3 is 15.0 Å². The van der Waals surface area contributed by atoms with Gasteiger partial charge in [0.2, 0.25) is 0 Å². The van der Waals surface area contributed by atoms with Gasteiger partial charge in [-0.05, 0) is 32.1 Å². The van der Waals surface area contributed by atoms with Gasteiger partial charge in [-0.2, -0.15) is 0 Å². The number of carbonyl (C=O) groups excluding carboxylic acids is 2. The van der Waals surface area contributed by atoms with E-state index >= 15 is 0 Å². The zero-order valence-corrected chi connectivity index (χ0v) is 13.7. The lowest BCUT2D eigenvalue weighted by Crippen LogP contribution is -2.39. The maximum Gasteiger partial charge on any atom is 0.322 e. The Morgan fingerprint density at radius 3 is 2.83 bits per heavy atom. The van der Waals surface area contributed by atoms with E-state index in [0.29, 0.717) is 11.5 Å². The van der Waals surface area contributed by atoms with Gasteiger partial charge in [0.15, 0.2) is 10.7 Å². The first-order valence-electron chi connectivity index (χ1n) is 8.02. The van der Waals surface area contributed by atoms with Crippen molar-refractivity contribution in [1.82, 2.24) is 19.8 Å². The molecule has 0 radical (unpaired) electrons. The predicted molar refractivity (Wildman–Crippen MR) is 85.7 cm³/mol. The van der Waals surface area contributed by atoms with Crippen LogP contribution in [0, 0.1) is 0 Å². The average Bonchev–Trinajstić information content (AvgIpc) is 3.25. The molecule has 23 heavy (non-hydrogen) atoms. The van der Waals surface area contributed by atoms with E-state index in [1.54, 1.807) is 4.90 Å². The highest BCUT2D eigenvalue weighted by Gasteiger charge is 2.23. The van der Waals surface area contributed by atoms with E-state index < -0.39 is 0 Å². The van der Waals surface area contributed by atoms with Gasteiger partial charge in [-0.1, -0.05) is 4.49 Å². The predicted octanol–water partition coefficient (Wildman–Crippen LogP) is 1.46. The highest BCUT2D eigenvalue weighted by molar-refractivity contribution is 7.10. The third-order valence-electron chi connectivity index (χ3n) is 4.08. The molecule has 2 aliphatic heterocycles. The molecule has 2 N–H and O–H groups in total. The van der Waals surface area contributed by atoms with Gasteiger partial charge in [-0.25, -0.2) is 4.79 Å². The number of piperidine rings is 1. The topological polar surface area (TPSA) is 96.5 Å². The highest BCUT2D eigenvalue weighted by atomic mass is 32.1. The second-order valence-electron chi connectivity index (χ2n) is 5.77. The van der Waals surface area contributed by atoms with Crippen LogP contribution in [-0.4, -0.2) is 58.8 Å². The quantitative estimate of drug-likeness (QED) is 0.866. The third-order valence-corrected chi connectivity index (χ3v) is 4.72. The second-order valence-corrected chi connectivity index (χ2v) is 6.53. The number of aromatic nitrogens is 2. The van der Waals surface area contributed by atoms with Gasteiger partial charge in [0.1, 0.15) is 0 Å². The van der Waals surface area contributed by atoms with E-state index in [1.165, 1.54) is 0 Å². The van der Waals surface area contributed by atoms with Crippen LogP contribution < -0.4 is 10.6 Å². The minimum atomic E-state index is -0.330. The number of likely N-dealkylation sites (tertiary alicyclic amines) is 1. The average molecular weight is 339 g/mol. The summed E-state index contributed by atoms with van der Waals surface area (Å²) in [5.41, 5.74) is 0.165. The van der Waals surface area contributed by atoms with Crippen LogP contribution in [-0.2, 0) is 4.74 Å². The highest BCUT2D eigenvalue weighted by Crippen LogP contribution is 2.19. The van der Waals surface area contributed by atoms with Crippen molar-refractivity contribution < 1.29 is 14.3 Å². The van der Waals surface area contributed by atoms with Crippen LogP contribution in [0.2, 0.25) is 0 Å². The normalized spacial score (nSPS) is 21.2. The smallest absolute Gasteiger partial charge is 0.322 e. The van der Waals surface area contributed by atoms with Gasteiger partial charge in [0, 0.05) is 37.8 Å². The number of ether oxygens (including phenoxy) is 1. The van der Waals surface area contributed by atoms with Gasteiger partial charge in [-0.15, -0.1) is 5.10 Å². The van der Waals surface area contributed by atoms with E-state index in [-0.39, 0.29) is 23.7 Å². The lowest BCUT2D eigenvalue weighted by molar-refractivity contribution is 0.0854. The number of anilines is 1. The molecule has 0 saturated carbocycles. The van der Waals surface area contributed by atoms with Crippen molar-refractivity contribution in [3.05, 3.63) is 5.69 Å². The summed E-state index contributed by atoms with van der Waals surface area (Å²) in [6.45, 7) is 2.70. The monoisotopic (exact) mass is 339 g/mol. The first-order chi connectivity index (χ1) is 11.2. The summed E-state index contributed by atoms with van der Waals surface area (Å²) in [7, 11) is 0. The number of rotatable bonds is 4. The van der Waals surface area contributed by atoms with Crippen molar-refractivity contribution in [3.8, 4) is 0 Å². The Hall–Kier alpha value is -1.74. The molecule has 2 saturated heterocycles. The maximum absolute atomic E-state index is 12.2. The first kappa shape index (κ1) is 16.1. The number of amides is 3. The summed E-state index contributed by atoms with van der Waals surface area (Å²) >= 11 is 1.02. The molecule has 2 fully saturated rings. The molecule has 0 bridgehead atoms. The minimum Gasteiger partial charge on any atom is -0.376 e. The summed E-state index contributed by atoms with van der Waals surface area (Å²) in [4.78, 5) is 26.2. The Morgan fingerprint density at radius 1 is 1.26 bits per heavy atom. The molecule has 1 aromatic heterocycles. The molecule has 0 spiro atoms. The summed E-state index contributed by atoms with van der Waals surface area (Å²) in [6, 6.07) is -0.191. The zero-order chi connectivity index (χ0) is 16.1. The van der Waals surface area contributed by atoms with Crippen molar-refractivity contribution in [3.63, 3.8) is 0 Å². The van der Waals surface area contributed by atoms with Crippen LogP contribution in [0.5, 0.6) is 0 Å². The van der Waals surface area contributed by atoms with Gasteiger partial charge in [0.25, 0.3) is 5.91 Å². The number of hydrogen-bond donors (Lipinski definition) is 2. The standard InChI is InChI=1S/C14H21N5O3S/c20-12(15-9-10-5-4-8-22-10)11-13(23-18-17-11)16-14(21)19-6-2-1-3-7-19/h10H,1-9H2,(H,15,20)(H,16,21). The summed E-state index contributed by atoms with van der Waals surface area (Å²) in [6.07, 6.45) is 5.23. The van der Waals surface area contributed by atoms with E-state index in [2.05, 4.69) is 20.2 Å². The molecule has 8 nitrogen and oxygen atoms in total. The van der Waals surface area contributed by atoms with Gasteiger partial charge in [-0.3, -0.25) is 10.1 Å². The van der Waals surface area contributed by atoms with E-state index in [4.69, 9.17) is 4.74 Å². The molecule has 2 aliphatic rings. The lowest BCUT2D eigenvalue weighted by atomic mass is 10.1. The van der Waals surface area contributed by atoms with Crippen molar-refractivity contribution in [2.24, 2.45) is 0 Å². The van der Waals surface area contributed by atoms with Gasteiger partial charge in [0.05, 0.1) is 6.10 Å². The molecule has 0 aromatic carbocycles. The Balaban J connectivity index is 1.55. The fraction of sp³-hybridized carbons (Fsp3) is 0.714. The van der Waals surface area contributed by atoms with Crippen molar-refractivity contribution in [2.75, 3.05) is 31.6 Å². The molecule has 1 atom stereocenters. The molecule has 3 heterocycles. The fourth-order valence-corrected chi connectivity index (χ4v) is 3.35. The van der Waals surface area contributed by atoms with E-state index in [1.807, 2.05) is 0 Å². The molecule has 3 rings (SSSR count). The zero-order valence-electron chi connectivity index (χ0n) is 12.9. The van der Waals surface area contributed by atoms with Crippen LogP contribution in [0.3, 0.4) is 0 Å². The molecule has 126 valence electrons. The third kappa shape index (κ3) is 4.17. The van der Waals surface area contributed by atoms with Crippen LogP contribution in [0.25, 0.3) is 0 Å². The Morgan fingerprint density at radius 2 is 2.09 bits per heavy atom. The molecule has 0 aliphatic carbocycles. The van der Waals surface area contributed by atoms with Crippen LogP contribution in [0.4, 0.5) is 9.80 Å². The maximum atomic E-state index is 12.2. The SMILES string of the molecule is O=C(NCC1CCCO1)c1nnsc1NC(=O)N1CCCCC1. The molecular weight excluding hydrogens is 318 g/mol. The molecule has 1 unspecified atom stereocenters. The first-order valence-corrected chi connectivity index (χ1v) is 8.79. The number of nitrogens with zero attached hydrogens (tertiary/aromatic N) is 3. The van der Waals surface area contributed by atoms with Crippen molar-refractivity contribution in [2.45, 2.75) is 38.2 Å². The second kappa shape index (κ2) is 7.69. The summed E-state index contributed by atoms with van der Waals surface area (Å²) < 4.78 is 9.26. The van der Waals surface area contributed by atoms with Gasteiger partial charge >= 0.3 is 6.03 Å². The van der Waals surface area contributed by atoms with Crippen LogP contribution in [0.15, 0.2) is 0 Å². The summed E-state index contributed by atoms with van der Waals surface area (Å²) in [5.74, 6) is -0.330. The van der Waals surface area contributed by atoms with Crippen LogP contribution in [0.1, 0.15) is 42.6 Å². The Kier molecular flexibility index (Phi) is 5.39. The van der Waals surface area contributed by atoms with Crippen molar-refractivity contribution >= 4 is 28.5 Å². The fourth-order valence-electron chi connectivity index (χ4n) is 2.79. The minimum absolute atomic E-state index is 0.0666.